The predicted molar refractivity (Wildman–Crippen MR) is 63.5 cm³/mol. The average molecular weight is 222 g/mol. The van der Waals surface area contributed by atoms with E-state index < -0.39 is 0 Å². The van der Waals surface area contributed by atoms with Gasteiger partial charge in [0, 0.05) is 6.54 Å². The highest BCUT2D eigenvalue weighted by Crippen LogP contribution is 2.14. The smallest absolute Gasteiger partial charge is 0.255 e. The van der Waals surface area contributed by atoms with E-state index in [1.807, 2.05) is 14.0 Å². The number of rotatable bonds is 5. The highest BCUT2D eigenvalue weighted by Gasteiger charge is 2.10. The molecule has 1 unspecified atom stereocenters. The van der Waals surface area contributed by atoms with Crippen LogP contribution in [0, 0.1) is 5.92 Å². The summed E-state index contributed by atoms with van der Waals surface area (Å²) in [6, 6.07) is 6.53. The molecule has 0 heterocycles. The molecule has 0 saturated carbocycles. The molecule has 1 atom stereocenters. The molecule has 0 bridgehead atoms. The van der Waals surface area contributed by atoms with Crippen molar-refractivity contribution >= 4 is 5.91 Å². The van der Waals surface area contributed by atoms with Crippen LogP contribution in [0.1, 0.15) is 17.3 Å². The number of hydrogen-bond donors (Lipinski definition) is 3. The van der Waals surface area contributed by atoms with Crippen LogP contribution in [0.2, 0.25) is 0 Å². The Morgan fingerprint density at radius 2 is 2.06 bits per heavy atom. The van der Waals surface area contributed by atoms with Gasteiger partial charge in [-0.25, -0.2) is 0 Å². The van der Waals surface area contributed by atoms with Crippen molar-refractivity contribution in [2.45, 2.75) is 6.92 Å². The van der Waals surface area contributed by atoms with Crippen LogP contribution in [-0.4, -0.2) is 31.2 Å². The minimum absolute atomic E-state index is 0.0151. The van der Waals surface area contributed by atoms with Crippen molar-refractivity contribution in [1.29, 1.82) is 0 Å². The van der Waals surface area contributed by atoms with Gasteiger partial charge >= 0.3 is 0 Å². The minimum Gasteiger partial charge on any atom is -0.507 e. The summed E-state index contributed by atoms with van der Waals surface area (Å²) in [5.74, 6) is 0.141. The van der Waals surface area contributed by atoms with Gasteiger partial charge in [-0.05, 0) is 31.6 Å². The van der Waals surface area contributed by atoms with Crippen LogP contribution in [0.15, 0.2) is 24.3 Å². The van der Waals surface area contributed by atoms with Gasteiger partial charge in [0.15, 0.2) is 0 Å². The average Bonchev–Trinajstić information content (AvgIpc) is 2.27. The Bertz CT molecular complexity index is 353. The Morgan fingerprint density at radius 3 is 2.69 bits per heavy atom. The van der Waals surface area contributed by atoms with Crippen molar-refractivity contribution < 1.29 is 9.90 Å². The number of phenols is 1. The summed E-state index contributed by atoms with van der Waals surface area (Å²) < 4.78 is 0. The number of para-hydroxylation sites is 1. The van der Waals surface area contributed by atoms with Gasteiger partial charge in [0.1, 0.15) is 5.75 Å². The number of carbonyl (C=O) groups excluding carboxylic acids is 1. The summed E-state index contributed by atoms with van der Waals surface area (Å²) in [5.41, 5.74) is 0.319. The van der Waals surface area contributed by atoms with Crippen molar-refractivity contribution in [2.24, 2.45) is 5.92 Å². The molecule has 88 valence electrons. The Hall–Kier alpha value is -1.55. The molecule has 0 radical (unpaired) electrons. The second kappa shape index (κ2) is 6.12. The molecule has 1 aromatic carbocycles. The molecule has 4 nitrogen and oxygen atoms in total. The van der Waals surface area contributed by atoms with Crippen molar-refractivity contribution in [2.75, 3.05) is 20.1 Å². The lowest BCUT2D eigenvalue weighted by molar-refractivity contribution is 0.0945. The number of aromatic hydroxyl groups is 1. The van der Waals surface area contributed by atoms with Crippen LogP contribution in [-0.2, 0) is 0 Å². The van der Waals surface area contributed by atoms with Crippen molar-refractivity contribution in [3.63, 3.8) is 0 Å². The molecule has 0 spiro atoms. The van der Waals surface area contributed by atoms with Gasteiger partial charge in [-0.15, -0.1) is 0 Å². The molecular formula is C12H18N2O2. The maximum atomic E-state index is 11.7. The third kappa shape index (κ3) is 3.55. The Kier molecular flexibility index (Phi) is 4.79. The van der Waals surface area contributed by atoms with Crippen molar-refractivity contribution in [3.8, 4) is 5.75 Å². The van der Waals surface area contributed by atoms with Crippen LogP contribution in [0.3, 0.4) is 0 Å². The van der Waals surface area contributed by atoms with Gasteiger partial charge in [0.25, 0.3) is 5.91 Å². The second-order valence-electron chi connectivity index (χ2n) is 3.89. The third-order valence-corrected chi connectivity index (χ3v) is 2.31. The molecule has 4 heteroatoms. The van der Waals surface area contributed by atoms with Crippen LogP contribution >= 0.6 is 0 Å². The monoisotopic (exact) mass is 222 g/mol. The largest absolute Gasteiger partial charge is 0.507 e. The Labute approximate surface area is 95.7 Å². The molecule has 16 heavy (non-hydrogen) atoms. The number of benzene rings is 1. The van der Waals surface area contributed by atoms with Crippen LogP contribution in [0.25, 0.3) is 0 Å². The van der Waals surface area contributed by atoms with Crippen LogP contribution in [0.5, 0.6) is 5.75 Å². The molecule has 0 aromatic heterocycles. The molecule has 0 fully saturated rings. The quantitative estimate of drug-likeness (QED) is 0.696. The van der Waals surface area contributed by atoms with Gasteiger partial charge in [-0.1, -0.05) is 19.1 Å². The standard InChI is InChI=1S/C12H18N2O2/c1-9(7-13-2)8-14-12(16)10-5-3-4-6-11(10)15/h3-6,9,13,15H,7-8H2,1-2H3,(H,14,16). The zero-order valence-electron chi connectivity index (χ0n) is 9.66. The number of phenolic OH excluding ortho intramolecular Hbond substituents is 1. The van der Waals surface area contributed by atoms with E-state index in [1.165, 1.54) is 6.07 Å². The van der Waals surface area contributed by atoms with Crippen LogP contribution in [0.4, 0.5) is 0 Å². The van der Waals surface area contributed by atoms with Gasteiger partial charge in [-0.3, -0.25) is 4.79 Å². The fourth-order valence-electron chi connectivity index (χ4n) is 1.45. The predicted octanol–water partition coefficient (Wildman–Crippen LogP) is 0.977. The molecule has 0 aliphatic heterocycles. The summed E-state index contributed by atoms with van der Waals surface area (Å²) in [6.07, 6.45) is 0. The molecule has 0 saturated heterocycles. The first kappa shape index (κ1) is 12.5. The molecule has 1 amide bonds. The lowest BCUT2D eigenvalue weighted by atomic mass is 10.1. The number of nitrogens with one attached hydrogen (secondary N) is 2. The van der Waals surface area contributed by atoms with Crippen molar-refractivity contribution in [3.05, 3.63) is 29.8 Å². The normalized spacial score (nSPS) is 12.1. The lowest BCUT2D eigenvalue weighted by Crippen LogP contribution is -2.32. The van der Waals surface area contributed by atoms with Crippen molar-refractivity contribution in [1.82, 2.24) is 10.6 Å². The van der Waals surface area contributed by atoms with Gasteiger partial charge in [0.2, 0.25) is 0 Å². The maximum Gasteiger partial charge on any atom is 0.255 e. The second-order valence-corrected chi connectivity index (χ2v) is 3.89. The van der Waals surface area contributed by atoms with E-state index in [1.54, 1.807) is 18.2 Å². The zero-order valence-corrected chi connectivity index (χ0v) is 9.66. The topological polar surface area (TPSA) is 61.4 Å². The molecule has 1 aromatic rings. The zero-order chi connectivity index (χ0) is 12.0. The first-order chi connectivity index (χ1) is 7.65. The SMILES string of the molecule is CNCC(C)CNC(=O)c1ccccc1O. The first-order valence-corrected chi connectivity index (χ1v) is 5.36. The summed E-state index contributed by atoms with van der Waals surface area (Å²) >= 11 is 0. The fourth-order valence-corrected chi connectivity index (χ4v) is 1.45. The number of amides is 1. The minimum atomic E-state index is -0.235. The maximum absolute atomic E-state index is 11.7. The number of hydrogen-bond acceptors (Lipinski definition) is 3. The van der Waals surface area contributed by atoms with Gasteiger partial charge in [0.05, 0.1) is 5.56 Å². The molecule has 3 N–H and O–H groups in total. The van der Waals surface area contributed by atoms with E-state index in [-0.39, 0.29) is 11.7 Å². The van der Waals surface area contributed by atoms with E-state index >= 15 is 0 Å². The Balaban J connectivity index is 2.50. The molecular weight excluding hydrogens is 204 g/mol. The highest BCUT2D eigenvalue weighted by molar-refractivity contribution is 5.96. The summed E-state index contributed by atoms with van der Waals surface area (Å²) in [5, 5.41) is 15.3. The van der Waals surface area contributed by atoms with E-state index in [0.717, 1.165) is 6.54 Å². The van der Waals surface area contributed by atoms with E-state index in [4.69, 9.17) is 0 Å². The van der Waals surface area contributed by atoms with E-state index in [9.17, 15) is 9.90 Å². The van der Waals surface area contributed by atoms with E-state index in [2.05, 4.69) is 10.6 Å². The molecule has 0 aliphatic carbocycles. The van der Waals surface area contributed by atoms with E-state index in [0.29, 0.717) is 18.0 Å². The summed E-state index contributed by atoms with van der Waals surface area (Å²) in [4.78, 5) is 11.7. The van der Waals surface area contributed by atoms with Gasteiger partial charge < -0.3 is 15.7 Å². The highest BCUT2D eigenvalue weighted by atomic mass is 16.3. The number of carbonyl (C=O) groups is 1. The van der Waals surface area contributed by atoms with Gasteiger partial charge in [-0.2, -0.15) is 0 Å². The fraction of sp³-hybridized carbons (Fsp3) is 0.417. The molecule has 0 aliphatic rings. The summed E-state index contributed by atoms with van der Waals surface area (Å²) in [6.45, 7) is 3.48. The summed E-state index contributed by atoms with van der Waals surface area (Å²) in [7, 11) is 1.88. The third-order valence-electron chi connectivity index (χ3n) is 2.31. The first-order valence-electron chi connectivity index (χ1n) is 5.36. The lowest BCUT2D eigenvalue weighted by Gasteiger charge is -2.12. The van der Waals surface area contributed by atoms with Crippen LogP contribution < -0.4 is 10.6 Å². The Morgan fingerprint density at radius 1 is 1.38 bits per heavy atom. The molecule has 1 rings (SSSR count).